The third-order valence-corrected chi connectivity index (χ3v) is 6.00. The van der Waals surface area contributed by atoms with Gasteiger partial charge >= 0.3 is 0 Å². The summed E-state index contributed by atoms with van der Waals surface area (Å²) in [4.78, 5) is 25.8. The number of hydrogen-bond donors (Lipinski definition) is 3. The number of fused-ring (bicyclic) bond motifs is 2. The average Bonchev–Trinajstić information content (AvgIpc) is 2.72. The van der Waals surface area contributed by atoms with Crippen molar-refractivity contribution in [2.24, 2.45) is 0 Å². The number of aryl methyl sites for hydroxylation is 1. The average molecular weight is 438 g/mol. The number of nitrogens with one attached hydrogen (secondary N) is 1. The number of nitrogen functional groups attached to an aromatic ring is 1. The molecule has 1 aliphatic carbocycles. The van der Waals surface area contributed by atoms with Crippen molar-refractivity contribution in [2.45, 2.75) is 11.8 Å². The molecule has 0 heterocycles. The van der Waals surface area contributed by atoms with Gasteiger partial charge in [0.1, 0.15) is 10.6 Å². The van der Waals surface area contributed by atoms with Gasteiger partial charge in [0.2, 0.25) is 0 Å². The van der Waals surface area contributed by atoms with Crippen LogP contribution in [-0.2, 0) is 10.1 Å². The molecule has 31 heavy (non-hydrogen) atoms. The molecule has 0 unspecified atom stereocenters. The Morgan fingerprint density at radius 3 is 2.13 bits per heavy atom. The third kappa shape index (κ3) is 3.33. The number of carbonyl (C=O) groups is 2. The lowest BCUT2D eigenvalue weighted by Crippen LogP contribution is -2.25. The fraction of sp³-hybridized carbons (Fsp3) is 0.0909. The van der Waals surface area contributed by atoms with E-state index >= 15 is 0 Å². The first-order valence-electron chi connectivity index (χ1n) is 9.17. The summed E-state index contributed by atoms with van der Waals surface area (Å²) in [7, 11) is -3.32. The molecule has 4 rings (SSSR count). The quantitative estimate of drug-likeness (QED) is 0.326. The Kier molecular flexibility index (Phi) is 4.79. The van der Waals surface area contributed by atoms with E-state index in [0.717, 1.165) is 11.6 Å². The summed E-state index contributed by atoms with van der Waals surface area (Å²) < 4.78 is 39.0. The second-order valence-corrected chi connectivity index (χ2v) is 8.48. The van der Waals surface area contributed by atoms with Gasteiger partial charge in [-0.3, -0.25) is 14.1 Å². The number of ether oxygens (including phenoxy) is 1. The topological polar surface area (TPSA) is 136 Å². The van der Waals surface area contributed by atoms with E-state index in [4.69, 9.17) is 10.5 Å². The Balaban J connectivity index is 2.04. The van der Waals surface area contributed by atoms with Crippen molar-refractivity contribution in [3.8, 4) is 5.75 Å². The van der Waals surface area contributed by atoms with E-state index in [2.05, 4.69) is 5.32 Å². The van der Waals surface area contributed by atoms with Crippen LogP contribution in [0.4, 0.5) is 17.1 Å². The predicted octanol–water partition coefficient (Wildman–Crippen LogP) is 3.35. The van der Waals surface area contributed by atoms with Crippen LogP contribution in [0.15, 0.2) is 53.4 Å². The maximum Gasteiger partial charge on any atom is 0.296 e. The molecular weight excluding hydrogens is 420 g/mol. The van der Waals surface area contributed by atoms with Crippen molar-refractivity contribution in [3.05, 3.63) is 76.3 Å². The van der Waals surface area contributed by atoms with E-state index in [9.17, 15) is 22.6 Å². The summed E-state index contributed by atoms with van der Waals surface area (Å²) in [5.41, 5.74) is 6.76. The van der Waals surface area contributed by atoms with Crippen molar-refractivity contribution >= 4 is 38.7 Å². The largest absolute Gasteiger partial charge is 0.495 e. The summed E-state index contributed by atoms with van der Waals surface area (Å²) in [6, 6.07) is 12.5. The molecule has 3 aromatic rings. The highest BCUT2D eigenvalue weighted by atomic mass is 32.2. The Morgan fingerprint density at radius 2 is 1.55 bits per heavy atom. The Bertz CT molecular complexity index is 1380. The molecule has 0 aliphatic heterocycles. The SMILES string of the molecule is COc1ccc(C)cc1Nc1cc(S(=O)(=O)O)c(N)c2c1C(=O)c1ccccc1C2=O. The zero-order valence-electron chi connectivity index (χ0n) is 16.6. The minimum atomic E-state index is -4.78. The van der Waals surface area contributed by atoms with Crippen molar-refractivity contribution < 1.29 is 27.3 Å². The van der Waals surface area contributed by atoms with Gasteiger partial charge in [-0.05, 0) is 30.7 Å². The highest BCUT2D eigenvalue weighted by Gasteiger charge is 2.36. The number of methoxy groups -OCH3 is 1. The summed E-state index contributed by atoms with van der Waals surface area (Å²) in [5, 5.41) is 2.98. The van der Waals surface area contributed by atoms with Crippen LogP contribution in [0, 0.1) is 6.92 Å². The lowest BCUT2D eigenvalue weighted by atomic mass is 9.82. The van der Waals surface area contributed by atoms with Crippen LogP contribution in [0.2, 0.25) is 0 Å². The first kappa shape index (κ1) is 20.6. The van der Waals surface area contributed by atoms with Crippen LogP contribution in [0.25, 0.3) is 0 Å². The zero-order valence-corrected chi connectivity index (χ0v) is 17.4. The van der Waals surface area contributed by atoms with Gasteiger partial charge in [-0.1, -0.05) is 30.3 Å². The molecule has 158 valence electrons. The van der Waals surface area contributed by atoms with Crippen LogP contribution in [0.1, 0.15) is 37.4 Å². The maximum atomic E-state index is 13.3. The molecule has 4 N–H and O–H groups in total. The van der Waals surface area contributed by atoms with E-state index in [0.29, 0.717) is 11.4 Å². The van der Waals surface area contributed by atoms with Gasteiger partial charge in [-0.15, -0.1) is 0 Å². The van der Waals surface area contributed by atoms with Crippen LogP contribution < -0.4 is 15.8 Å². The number of benzene rings is 3. The van der Waals surface area contributed by atoms with Crippen molar-refractivity contribution in [1.82, 2.24) is 0 Å². The molecular formula is C22H18N2O6S. The molecule has 9 heteroatoms. The van der Waals surface area contributed by atoms with Gasteiger partial charge in [0.25, 0.3) is 10.1 Å². The molecule has 0 saturated heterocycles. The molecule has 3 aromatic carbocycles. The van der Waals surface area contributed by atoms with E-state index in [-0.39, 0.29) is 27.9 Å². The first-order valence-corrected chi connectivity index (χ1v) is 10.6. The standard InChI is InChI=1S/C22H18N2O6S/c1-11-7-8-16(30-2)14(9-11)24-15-10-17(31(27,28)29)20(23)19-18(15)21(25)12-5-3-4-6-13(12)22(19)26/h3-10,24H,23H2,1-2H3,(H,27,28,29). The van der Waals surface area contributed by atoms with E-state index in [1.54, 1.807) is 24.3 Å². The molecule has 0 spiro atoms. The number of nitrogens with two attached hydrogens (primary N) is 1. The zero-order chi connectivity index (χ0) is 22.5. The van der Waals surface area contributed by atoms with E-state index < -0.39 is 32.3 Å². The van der Waals surface area contributed by atoms with Crippen LogP contribution in [-0.4, -0.2) is 31.6 Å². The summed E-state index contributed by atoms with van der Waals surface area (Å²) in [5.74, 6) is -0.667. The van der Waals surface area contributed by atoms with Crippen molar-refractivity contribution in [2.75, 3.05) is 18.2 Å². The highest BCUT2D eigenvalue weighted by molar-refractivity contribution is 7.86. The molecule has 0 aromatic heterocycles. The van der Waals surface area contributed by atoms with Crippen molar-refractivity contribution in [1.29, 1.82) is 0 Å². The lowest BCUT2D eigenvalue weighted by Gasteiger charge is -2.24. The molecule has 0 saturated carbocycles. The van der Waals surface area contributed by atoms with Crippen LogP contribution >= 0.6 is 0 Å². The summed E-state index contributed by atoms with van der Waals surface area (Å²) in [6.45, 7) is 1.84. The van der Waals surface area contributed by atoms with Gasteiger partial charge in [-0.2, -0.15) is 8.42 Å². The summed E-state index contributed by atoms with van der Waals surface area (Å²) >= 11 is 0. The van der Waals surface area contributed by atoms with Gasteiger partial charge in [0.05, 0.1) is 35.3 Å². The number of carbonyl (C=O) groups excluding carboxylic acids is 2. The Hall–Kier alpha value is -3.69. The van der Waals surface area contributed by atoms with Gasteiger partial charge in [-0.25, -0.2) is 0 Å². The fourth-order valence-electron chi connectivity index (χ4n) is 3.67. The van der Waals surface area contributed by atoms with Gasteiger partial charge in [0.15, 0.2) is 11.6 Å². The van der Waals surface area contributed by atoms with Crippen LogP contribution in [0.5, 0.6) is 5.75 Å². The number of anilines is 3. The lowest BCUT2D eigenvalue weighted by molar-refractivity contribution is 0.0980. The monoisotopic (exact) mass is 438 g/mol. The minimum Gasteiger partial charge on any atom is -0.495 e. The molecule has 0 amide bonds. The highest BCUT2D eigenvalue weighted by Crippen LogP contribution is 2.41. The molecule has 1 aliphatic rings. The Morgan fingerprint density at radius 1 is 0.935 bits per heavy atom. The number of ketones is 2. The van der Waals surface area contributed by atoms with Crippen molar-refractivity contribution in [3.63, 3.8) is 0 Å². The van der Waals surface area contributed by atoms with Gasteiger partial charge in [0, 0.05) is 11.1 Å². The second-order valence-electron chi connectivity index (χ2n) is 7.09. The Labute approximate surface area is 178 Å². The molecule has 0 atom stereocenters. The normalized spacial score (nSPS) is 12.9. The predicted molar refractivity (Wildman–Crippen MR) is 115 cm³/mol. The van der Waals surface area contributed by atoms with Gasteiger partial charge < -0.3 is 15.8 Å². The van der Waals surface area contributed by atoms with Crippen LogP contribution in [0.3, 0.4) is 0 Å². The number of rotatable bonds is 4. The smallest absolute Gasteiger partial charge is 0.296 e. The molecule has 0 bridgehead atoms. The fourth-order valence-corrected chi connectivity index (χ4v) is 4.32. The third-order valence-electron chi connectivity index (χ3n) is 5.10. The van der Waals surface area contributed by atoms with E-state index in [1.165, 1.54) is 19.2 Å². The molecule has 8 nitrogen and oxygen atoms in total. The molecule has 0 radical (unpaired) electrons. The number of hydrogen-bond acceptors (Lipinski definition) is 7. The van der Waals surface area contributed by atoms with E-state index in [1.807, 2.05) is 13.0 Å². The summed E-state index contributed by atoms with van der Waals surface area (Å²) in [6.07, 6.45) is 0. The molecule has 0 fully saturated rings. The maximum absolute atomic E-state index is 13.3. The second kappa shape index (κ2) is 7.22. The minimum absolute atomic E-state index is 0.00794. The first-order chi connectivity index (χ1) is 14.6.